The summed E-state index contributed by atoms with van der Waals surface area (Å²) in [7, 11) is 1.71. The Morgan fingerprint density at radius 3 is 2.78 bits per heavy atom. The molecule has 2 rings (SSSR count). The SMILES string of the molecule is CCNC(=NCc1nnc2ccccn12)NCCN(C)C(=O)OC(C)(C)C. The number of nitrogens with zero attached hydrogens (tertiary/aromatic N) is 5. The Bertz CT molecular complexity index is 779. The van der Waals surface area contributed by atoms with Gasteiger partial charge in [-0.2, -0.15) is 0 Å². The van der Waals surface area contributed by atoms with Crippen LogP contribution in [-0.4, -0.2) is 63.8 Å². The molecule has 1 amide bonds. The maximum absolute atomic E-state index is 12.0. The summed E-state index contributed by atoms with van der Waals surface area (Å²) in [6.07, 6.45) is 1.57. The largest absolute Gasteiger partial charge is 0.444 e. The van der Waals surface area contributed by atoms with Crippen LogP contribution < -0.4 is 10.6 Å². The van der Waals surface area contributed by atoms with Crippen LogP contribution in [0.1, 0.15) is 33.5 Å². The average molecular weight is 375 g/mol. The second kappa shape index (κ2) is 9.20. The van der Waals surface area contributed by atoms with Crippen molar-refractivity contribution in [2.45, 2.75) is 39.8 Å². The molecular formula is C18H29N7O2. The molecule has 0 radical (unpaired) electrons. The smallest absolute Gasteiger partial charge is 0.410 e. The minimum atomic E-state index is -0.504. The summed E-state index contributed by atoms with van der Waals surface area (Å²) < 4.78 is 7.24. The predicted molar refractivity (Wildman–Crippen MR) is 105 cm³/mol. The fraction of sp³-hybridized carbons (Fsp3) is 0.556. The van der Waals surface area contributed by atoms with E-state index in [0.29, 0.717) is 25.6 Å². The van der Waals surface area contributed by atoms with Crippen LogP contribution in [0.3, 0.4) is 0 Å². The number of aliphatic imine (C=N–C) groups is 1. The van der Waals surface area contributed by atoms with Gasteiger partial charge in [0.1, 0.15) is 12.1 Å². The van der Waals surface area contributed by atoms with E-state index in [1.807, 2.05) is 56.5 Å². The molecule has 0 aliphatic rings. The van der Waals surface area contributed by atoms with Crippen LogP contribution in [0.2, 0.25) is 0 Å². The lowest BCUT2D eigenvalue weighted by Gasteiger charge is -2.24. The lowest BCUT2D eigenvalue weighted by Crippen LogP contribution is -2.43. The highest BCUT2D eigenvalue weighted by molar-refractivity contribution is 5.79. The summed E-state index contributed by atoms with van der Waals surface area (Å²) in [6.45, 7) is 9.70. The Hall–Kier alpha value is -2.84. The third-order valence-corrected chi connectivity index (χ3v) is 3.55. The number of pyridine rings is 1. The van der Waals surface area contributed by atoms with Crippen molar-refractivity contribution in [1.82, 2.24) is 30.1 Å². The van der Waals surface area contributed by atoms with E-state index in [4.69, 9.17) is 4.74 Å². The topological polar surface area (TPSA) is 96.1 Å². The molecule has 0 aliphatic heterocycles. The number of nitrogens with one attached hydrogen (secondary N) is 2. The third kappa shape index (κ3) is 6.43. The van der Waals surface area contributed by atoms with Gasteiger partial charge in [0.15, 0.2) is 17.4 Å². The van der Waals surface area contributed by atoms with E-state index in [9.17, 15) is 4.79 Å². The Kier molecular flexibility index (Phi) is 6.98. The van der Waals surface area contributed by atoms with Crippen molar-refractivity contribution >= 4 is 17.7 Å². The zero-order valence-corrected chi connectivity index (χ0v) is 16.7. The van der Waals surface area contributed by atoms with Crippen molar-refractivity contribution < 1.29 is 9.53 Å². The maximum Gasteiger partial charge on any atom is 0.410 e. The summed E-state index contributed by atoms with van der Waals surface area (Å²) in [5, 5.41) is 14.7. The number of guanidine groups is 1. The number of amides is 1. The molecule has 9 heteroatoms. The van der Waals surface area contributed by atoms with E-state index in [-0.39, 0.29) is 6.09 Å². The molecule has 2 heterocycles. The molecule has 0 bridgehead atoms. The summed E-state index contributed by atoms with van der Waals surface area (Å²) in [5.74, 6) is 1.41. The average Bonchev–Trinajstić information content (AvgIpc) is 3.01. The highest BCUT2D eigenvalue weighted by Crippen LogP contribution is 2.08. The van der Waals surface area contributed by atoms with E-state index >= 15 is 0 Å². The minimum Gasteiger partial charge on any atom is -0.444 e. The first kappa shape index (κ1) is 20.5. The van der Waals surface area contributed by atoms with Gasteiger partial charge < -0.3 is 20.3 Å². The van der Waals surface area contributed by atoms with Gasteiger partial charge in [0.2, 0.25) is 0 Å². The highest BCUT2D eigenvalue weighted by atomic mass is 16.6. The summed E-state index contributed by atoms with van der Waals surface area (Å²) in [5.41, 5.74) is 0.288. The van der Waals surface area contributed by atoms with Gasteiger partial charge in [-0.3, -0.25) is 4.40 Å². The fourth-order valence-electron chi connectivity index (χ4n) is 2.26. The zero-order chi connectivity index (χ0) is 19.9. The van der Waals surface area contributed by atoms with Crippen LogP contribution in [0.5, 0.6) is 0 Å². The minimum absolute atomic E-state index is 0.346. The van der Waals surface area contributed by atoms with Gasteiger partial charge in [-0.1, -0.05) is 6.07 Å². The van der Waals surface area contributed by atoms with Crippen molar-refractivity contribution in [1.29, 1.82) is 0 Å². The van der Waals surface area contributed by atoms with E-state index in [2.05, 4.69) is 25.8 Å². The normalized spacial score (nSPS) is 12.1. The van der Waals surface area contributed by atoms with Crippen LogP contribution in [0, 0.1) is 0 Å². The standard InChI is InChI=1S/C18H29N7O2/c1-6-19-16(20-10-12-24(5)17(26)27-18(2,3)4)21-13-15-23-22-14-9-7-8-11-25(14)15/h7-9,11H,6,10,12-13H2,1-5H3,(H2,19,20,21). The molecule has 2 aromatic heterocycles. The number of aromatic nitrogens is 3. The number of ether oxygens (including phenoxy) is 1. The number of carbonyl (C=O) groups is 1. The van der Waals surface area contributed by atoms with Crippen molar-refractivity contribution in [2.24, 2.45) is 4.99 Å². The van der Waals surface area contributed by atoms with Gasteiger partial charge in [-0.25, -0.2) is 9.79 Å². The zero-order valence-electron chi connectivity index (χ0n) is 16.7. The highest BCUT2D eigenvalue weighted by Gasteiger charge is 2.19. The molecule has 0 saturated carbocycles. The molecule has 0 saturated heterocycles. The van der Waals surface area contributed by atoms with Crippen LogP contribution in [-0.2, 0) is 11.3 Å². The molecule has 2 N–H and O–H groups in total. The Morgan fingerprint density at radius 2 is 2.07 bits per heavy atom. The molecule has 148 valence electrons. The monoisotopic (exact) mass is 375 g/mol. The van der Waals surface area contributed by atoms with Crippen molar-refractivity contribution in [2.75, 3.05) is 26.7 Å². The van der Waals surface area contributed by atoms with Gasteiger partial charge in [0.05, 0.1) is 0 Å². The predicted octanol–water partition coefficient (Wildman–Crippen LogP) is 1.65. The first-order valence-corrected chi connectivity index (χ1v) is 9.05. The molecular weight excluding hydrogens is 346 g/mol. The van der Waals surface area contributed by atoms with Gasteiger partial charge in [-0.15, -0.1) is 10.2 Å². The van der Waals surface area contributed by atoms with Gasteiger partial charge in [-0.05, 0) is 39.8 Å². The van der Waals surface area contributed by atoms with E-state index in [1.54, 1.807) is 7.05 Å². The molecule has 0 atom stereocenters. The summed E-state index contributed by atoms with van der Waals surface area (Å²) >= 11 is 0. The molecule has 0 spiro atoms. The summed E-state index contributed by atoms with van der Waals surface area (Å²) in [4.78, 5) is 18.1. The number of hydrogen-bond acceptors (Lipinski definition) is 5. The number of rotatable bonds is 6. The van der Waals surface area contributed by atoms with Crippen LogP contribution >= 0.6 is 0 Å². The number of likely N-dealkylation sites (N-methyl/N-ethyl adjacent to an activating group) is 1. The molecule has 27 heavy (non-hydrogen) atoms. The van der Waals surface area contributed by atoms with Crippen LogP contribution in [0.15, 0.2) is 29.4 Å². The maximum atomic E-state index is 12.0. The van der Waals surface area contributed by atoms with Crippen molar-refractivity contribution in [3.05, 3.63) is 30.2 Å². The lowest BCUT2D eigenvalue weighted by atomic mass is 10.2. The van der Waals surface area contributed by atoms with Gasteiger partial charge in [0.25, 0.3) is 0 Å². The second-order valence-electron chi connectivity index (χ2n) is 7.07. The van der Waals surface area contributed by atoms with Crippen LogP contribution in [0.4, 0.5) is 4.79 Å². The first-order valence-electron chi connectivity index (χ1n) is 9.05. The number of hydrogen-bond donors (Lipinski definition) is 2. The molecule has 2 aromatic rings. The molecule has 0 aromatic carbocycles. The Morgan fingerprint density at radius 1 is 1.30 bits per heavy atom. The lowest BCUT2D eigenvalue weighted by molar-refractivity contribution is 0.0302. The third-order valence-electron chi connectivity index (χ3n) is 3.55. The van der Waals surface area contributed by atoms with E-state index < -0.39 is 5.60 Å². The summed E-state index contributed by atoms with van der Waals surface area (Å²) in [6, 6.07) is 5.75. The second-order valence-corrected chi connectivity index (χ2v) is 7.07. The van der Waals surface area contributed by atoms with Gasteiger partial charge in [0, 0.05) is 32.9 Å². The molecule has 0 unspecified atom stereocenters. The van der Waals surface area contributed by atoms with Gasteiger partial charge >= 0.3 is 6.09 Å². The molecule has 9 nitrogen and oxygen atoms in total. The van der Waals surface area contributed by atoms with Crippen LogP contribution in [0.25, 0.3) is 5.65 Å². The quantitative estimate of drug-likeness (QED) is 0.589. The Labute approximate surface area is 159 Å². The van der Waals surface area contributed by atoms with E-state index in [0.717, 1.165) is 18.0 Å². The Balaban J connectivity index is 1.89. The first-order chi connectivity index (χ1) is 12.8. The molecule has 0 aliphatic carbocycles. The van der Waals surface area contributed by atoms with E-state index in [1.165, 1.54) is 4.90 Å². The van der Waals surface area contributed by atoms with Crippen molar-refractivity contribution in [3.8, 4) is 0 Å². The molecule has 0 fully saturated rings. The number of fused-ring (bicyclic) bond motifs is 1. The fourth-order valence-corrected chi connectivity index (χ4v) is 2.26. The number of carbonyl (C=O) groups excluding carboxylic acids is 1. The van der Waals surface area contributed by atoms with Crippen molar-refractivity contribution in [3.63, 3.8) is 0 Å².